The SMILES string of the molecule is O=C(CSc1nc2ccccc2[nH]1)N/N=C/c1ccc([N+](=O)[O-])cc1. The highest BCUT2D eigenvalue weighted by atomic mass is 32.2. The number of benzene rings is 2. The lowest BCUT2D eigenvalue weighted by Crippen LogP contribution is -2.19. The van der Waals surface area contributed by atoms with E-state index in [4.69, 9.17) is 0 Å². The number of para-hydroxylation sites is 2. The van der Waals surface area contributed by atoms with Gasteiger partial charge in [-0.1, -0.05) is 23.9 Å². The lowest BCUT2D eigenvalue weighted by molar-refractivity contribution is -0.384. The van der Waals surface area contributed by atoms with Gasteiger partial charge in [-0.3, -0.25) is 14.9 Å². The highest BCUT2D eigenvalue weighted by molar-refractivity contribution is 7.99. The van der Waals surface area contributed by atoms with Gasteiger partial charge in [0.1, 0.15) is 0 Å². The van der Waals surface area contributed by atoms with E-state index < -0.39 is 4.92 Å². The lowest BCUT2D eigenvalue weighted by atomic mass is 10.2. The van der Waals surface area contributed by atoms with E-state index in [1.807, 2.05) is 24.3 Å². The third-order valence-corrected chi connectivity index (χ3v) is 4.09. The van der Waals surface area contributed by atoms with Crippen molar-refractivity contribution in [1.82, 2.24) is 15.4 Å². The summed E-state index contributed by atoms with van der Waals surface area (Å²) in [5, 5.41) is 15.1. The van der Waals surface area contributed by atoms with Crippen molar-refractivity contribution in [2.24, 2.45) is 5.10 Å². The molecule has 3 aromatic rings. The van der Waals surface area contributed by atoms with Crippen molar-refractivity contribution in [2.75, 3.05) is 5.75 Å². The summed E-state index contributed by atoms with van der Waals surface area (Å²) in [7, 11) is 0. The average Bonchev–Trinajstić information content (AvgIpc) is 3.03. The fourth-order valence-corrected chi connectivity index (χ4v) is 2.70. The highest BCUT2D eigenvalue weighted by Crippen LogP contribution is 2.18. The van der Waals surface area contributed by atoms with Gasteiger partial charge in [-0.15, -0.1) is 0 Å². The molecule has 0 aliphatic heterocycles. The molecule has 8 nitrogen and oxygen atoms in total. The highest BCUT2D eigenvalue weighted by Gasteiger charge is 2.06. The molecule has 0 atom stereocenters. The minimum absolute atomic E-state index is 0.00317. The number of nitrogens with one attached hydrogen (secondary N) is 2. The normalized spacial score (nSPS) is 11.0. The van der Waals surface area contributed by atoms with Crippen LogP contribution >= 0.6 is 11.8 Å². The lowest BCUT2D eigenvalue weighted by Gasteiger charge is -1.98. The number of imidazole rings is 1. The standard InChI is InChI=1S/C16H13N5O3S/c22-15(10-25-16-18-13-3-1-2-4-14(13)19-16)20-17-9-11-5-7-12(8-6-11)21(23)24/h1-9H,10H2,(H,18,19)(H,20,22)/b17-9+. The van der Waals surface area contributed by atoms with Crippen LogP contribution in [0, 0.1) is 10.1 Å². The largest absolute Gasteiger partial charge is 0.333 e. The molecule has 2 aromatic carbocycles. The average molecular weight is 355 g/mol. The van der Waals surface area contributed by atoms with E-state index in [2.05, 4.69) is 20.5 Å². The van der Waals surface area contributed by atoms with Gasteiger partial charge in [-0.05, 0) is 29.8 Å². The summed E-state index contributed by atoms with van der Waals surface area (Å²) < 4.78 is 0. The summed E-state index contributed by atoms with van der Waals surface area (Å²) in [4.78, 5) is 29.4. The number of rotatable bonds is 6. The van der Waals surface area contributed by atoms with E-state index in [0.717, 1.165) is 11.0 Å². The number of carbonyl (C=O) groups excluding carboxylic acids is 1. The minimum Gasteiger partial charge on any atom is -0.333 e. The van der Waals surface area contributed by atoms with Gasteiger partial charge < -0.3 is 4.98 Å². The zero-order valence-corrected chi connectivity index (χ0v) is 13.7. The topological polar surface area (TPSA) is 113 Å². The molecule has 0 aliphatic rings. The minimum atomic E-state index is -0.474. The molecule has 0 spiro atoms. The summed E-state index contributed by atoms with van der Waals surface area (Å²) >= 11 is 1.28. The first kappa shape index (κ1) is 16.7. The maximum atomic E-state index is 11.8. The van der Waals surface area contributed by atoms with Crippen LogP contribution in [-0.2, 0) is 4.79 Å². The van der Waals surface area contributed by atoms with Crippen molar-refractivity contribution in [3.63, 3.8) is 0 Å². The van der Waals surface area contributed by atoms with Crippen LogP contribution in [0.1, 0.15) is 5.56 Å². The van der Waals surface area contributed by atoms with Crippen molar-refractivity contribution < 1.29 is 9.72 Å². The fraction of sp³-hybridized carbons (Fsp3) is 0.0625. The zero-order valence-electron chi connectivity index (χ0n) is 12.9. The predicted molar refractivity (Wildman–Crippen MR) is 95.7 cm³/mol. The number of aromatic amines is 1. The molecule has 1 heterocycles. The number of carbonyl (C=O) groups is 1. The summed E-state index contributed by atoms with van der Waals surface area (Å²) in [5.41, 5.74) is 4.83. The Kier molecular flexibility index (Phi) is 5.05. The second-order valence-electron chi connectivity index (χ2n) is 4.99. The van der Waals surface area contributed by atoms with Gasteiger partial charge in [0.2, 0.25) is 0 Å². The number of nitro benzene ring substituents is 1. The van der Waals surface area contributed by atoms with E-state index in [0.29, 0.717) is 10.7 Å². The molecule has 0 radical (unpaired) electrons. The third-order valence-electron chi connectivity index (χ3n) is 3.21. The number of nitro groups is 1. The number of hydrazone groups is 1. The molecule has 126 valence electrons. The quantitative estimate of drug-likeness (QED) is 0.305. The number of aromatic nitrogens is 2. The van der Waals surface area contributed by atoms with Gasteiger partial charge in [0.25, 0.3) is 11.6 Å². The zero-order chi connectivity index (χ0) is 17.6. The number of thioether (sulfide) groups is 1. The molecule has 3 rings (SSSR count). The van der Waals surface area contributed by atoms with Crippen LogP contribution in [-0.4, -0.2) is 32.8 Å². The van der Waals surface area contributed by atoms with Crippen LogP contribution in [0.15, 0.2) is 58.8 Å². The Morgan fingerprint density at radius 2 is 2.04 bits per heavy atom. The Morgan fingerprint density at radius 1 is 1.28 bits per heavy atom. The van der Waals surface area contributed by atoms with Crippen LogP contribution in [0.4, 0.5) is 5.69 Å². The molecule has 0 fully saturated rings. The number of fused-ring (bicyclic) bond motifs is 1. The fourth-order valence-electron chi connectivity index (χ4n) is 2.02. The molecule has 0 saturated carbocycles. The van der Waals surface area contributed by atoms with Crippen molar-refractivity contribution >= 4 is 40.6 Å². The number of H-pyrrole nitrogens is 1. The molecule has 0 aliphatic carbocycles. The number of nitrogens with zero attached hydrogens (tertiary/aromatic N) is 3. The molecular formula is C16H13N5O3S. The maximum absolute atomic E-state index is 11.8. The number of amides is 1. The van der Waals surface area contributed by atoms with Crippen LogP contribution in [0.2, 0.25) is 0 Å². The summed E-state index contributed by atoms with van der Waals surface area (Å²) in [6.45, 7) is 0. The van der Waals surface area contributed by atoms with E-state index >= 15 is 0 Å². The van der Waals surface area contributed by atoms with Gasteiger partial charge in [-0.25, -0.2) is 10.4 Å². The second-order valence-corrected chi connectivity index (χ2v) is 5.95. The van der Waals surface area contributed by atoms with Crippen molar-refractivity contribution in [1.29, 1.82) is 0 Å². The first-order chi connectivity index (χ1) is 12.1. The van der Waals surface area contributed by atoms with Gasteiger partial charge in [0, 0.05) is 12.1 Å². The van der Waals surface area contributed by atoms with Crippen LogP contribution in [0.5, 0.6) is 0 Å². The van der Waals surface area contributed by atoms with E-state index in [1.165, 1.54) is 30.1 Å². The van der Waals surface area contributed by atoms with E-state index in [-0.39, 0.29) is 17.3 Å². The molecule has 25 heavy (non-hydrogen) atoms. The Labute approximate surface area is 146 Å². The molecule has 9 heteroatoms. The molecule has 0 bridgehead atoms. The summed E-state index contributed by atoms with van der Waals surface area (Å²) in [6, 6.07) is 13.5. The van der Waals surface area contributed by atoms with Crippen molar-refractivity contribution in [3.8, 4) is 0 Å². The molecule has 1 amide bonds. The Balaban J connectivity index is 1.49. The van der Waals surface area contributed by atoms with Crippen LogP contribution in [0.3, 0.4) is 0 Å². The second kappa shape index (κ2) is 7.58. The maximum Gasteiger partial charge on any atom is 0.269 e. The Hall–Kier alpha value is -3.20. The monoisotopic (exact) mass is 355 g/mol. The van der Waals surface area contributed by atoms with Gasteiger partial charge in [-0.2, -0.15) is 5.10 Å². The number of non-ortho nitro benzene ring substituents is 1. The Bertz CT molecular complexity index is 903. The molecule has 0 saturated heterocycles. The van der Waals surface area contributed by atoms with Crippen molar-refractivity contribution in [2.45, 2.75) is 5.16 Å². The van der Waals surface area contributed by atoms with Gasteiger partial charge in [0.05, 0.1) is 27.9 Å². The molecule has 0 unspecified atom stereocenters. The van der Waals surface area contributed by atoms with Gasteiger partial charge >= 0.3 is 0 Å². The van der Waals surface area contributed by atoms with Gasteiger partial charge in [0.15, 0.2) is 5.16 Å². The summed E-state index contributed by atoms with van der Waals surface area (Å²) in [5.74, 6) is -0.110. The third kappa shape index (κ3) is 4.42. The first-order valence-corrected chi connectivity index (χ1v) is 8.24. The Morgan fingerprint density at radius 3 is 2.76 bits per heavy atom. The smallest absolute Gasteiger partial charge is 0.269 e. The van der Waals surface area contributed by atoms with Crippen molar-refractivity contribution in [3.05, 3.63) is 64.2 Å². The molecule has 2 N–H and O–H groups in total. The first-order valence-electron chi connectivity index (χ1n) is 7.26. The van der Waals surface area contributed by atoms with Crippen LogP contribution in [0.25, 0.3) is 11.0 Å². The summed E-state index contributed by atoms with van der Waals surface area (Å²) in [6.07, 6.45) is 1.42. The molecular weight excluding hydrogens is 342 g/mol. The van der Waals surface area contributed by atoms with Crippen LogP contribution < -0.4 is 5.43 Å². The number of hydrogen-bond acceptors (Lipinski definition) is 6. The predicted octanol–water partition coefficient (Wildman–Crippen LogP) is 2.71. The van der Waals surface area contributed by atoms with E-state index in [1.54, 1.807) is 12.1 Å². The molecule has 1 aromatic heterocycles. The van der Waals surface area contributed by atoms with E-state index in [9.17, 15) is 14.9 Å². The number of hydrogen-bond donors (Lipinski definition) is 2.